The fraction of sp³-hybridized carbons (Fsp3) is 0.533. The second kappa shape index (κ2) is 6.37. The number of hydrogen-bond donors (Lipinski definition) is 0. The summed E-state index contributed by atoms with van der Waals surface area (Å²) in [5, 5.41) is 0. The fourth-order valence-corrected chi connectivity index (χ4v) is 2.69. The van der Waals surface area contributed by atoms with Crippen LogP contribution in [0.2, 0.25) is 0 Å². The van der Waals surface area contributed by atoms with Gasteiger partial charge in [-0.2, -0.15) is 13.2 Å². The summed E-state index contributed by atoms with van der Waals surface area (Å²) in [6.45, 7) is -0.0894. The maximum atomic E-state index is 12.3. The summed E-state index contributed by atoms with van der Waals surface area (Å²) >= 11 is 0. The van der Waals surface area contributed by atoms with Gasteiger partial charge in [0.05, 0.1) is 5.69 Å². The molecule has 1 heterocycles. The quantitative estimate of drug-likeness (QED) is 0.853. The lowest BCUT2D eigenvalue weighted by Crippen LogP contribution is -2.62. The summed E-state index contributed by atoms with van der Waals surface area (Å²) in [4.78, 5) is 13.4. The van der Waals surface area contributed by atoms with Crippen LogP contribution in [0.1, 0.15) is 12.5 Å². The van der Waals surface area contributed by atoms with E-state index in [0.717, 1.165) is 10.5 Å². The van der Waals surface area contributed by atoms with E-state index < -0.39 is 30.7 Å². The van der Waals surface area contributed by atoms with E-state index in [1.807, 2.05) is 0 Å². The highest BCUT2D eigenvalue weighted by Gasteiger charge is 2.49. The zero-order valence-electron chi connectivity index (χ0n) is 13.0. The molecule has 0 aromatic heterocycles. The number of carbonyl (C=O) groups excluding carboxylic acids is 1. The second-order valence-corrected chi connectivity index (χ2v) is 5.32. The molecule has 0 fully saturated rings. The number of para-hydroxylation sites is 1. The molecule has 1 aromatic rings. The van der Waals surface area contributed by atoms with Crippen molar-refractivity contribution in [2.24, 2.45) is 0 Å². The number of alkyl halides is 3. The number of ether oxygens (including phenoxy) is 3. The Morgan fingerprint density at radius 1 is 1.35 bits per heavy atom. The first-order chi connectivity index (χ1) is 10.7. The number of carbonyl (C=O) groups is 1. The van der Waals surface area contributed by atoms with E-state index in [2.05, 4.69) is 4.74 Å². The number of fused-ring (bicyclic) bond motifs is 1. The molecule has 1 aromatic carbocycles. The van der Waals surface area contributed by atoms with E-state index in [1.165, 1.54) is 14.2 Å². The van der Waals surface area contributed by atoms with Crippen molar-refractivity contribution in [2.75, 3.05) is 25.7 Å². The number of anilines is 1. The summed E-state index contributed by atoms with van der Waals surface area (Å²) in [5.41, 5.74) is -0.0821. The van der Waals surface area contributed by atoms with Gasteiger partial charge in [-0.25, -0.2) is 9.69 Å². The molecule has 8 heteroatoms. The SMILES string of the molecule is COC1Cc2ccccc2N(C(=O)OCC(F)(F)F)C1(C)OC. The molecular weight excluding hydrogens is 315 g/mol. The van der Waals surface area contributed by atoms with Crippen LogP contribution in [0, 0.1) is 0 Å². The average molecular weight is 333 g/mol. The van der Waals surface area contributed by atoms with Crippen molar-refractivity contribution in [2.45, 2.75) is 31.3 Å². The van der Waals surface area contributed by atoms with Crippen LogP contribution in [-0.4, -0.2) is 44.9 Å². The summed E-state index contributed by atoms with van der Waals surface area (Å²) < 4.78 is 52.3. The topological polar surface area (TPSA) is 48.0 Å². The molecule has 2 rings (SSSR count). The monoisotopic (exact) mass is 333 g/mol. The Morgan fingerprint density at radius 2 is 2.00 bits per heavy atom. The fourth-order valence-electron chi connectivity index (χ4n) is 2.69. The summed E-state index contributed by atoms with van der Waals surface area (Å²) in [5.74, 6) is 0. The first-order valence-corrected chi connectivity index (χ1v) is 6.92. The molecule has 0 spiro atoms. The molecule has 1 aliphatic rings. The number of halogens is 3. The first-order valence-electron chi connectivity index (χ1n) is 6.92. The molecule has 0 N–H and O–H groups in total. The van der Waals surface area contributed by atoms with Gasteiger partial charge < -0.3 is 14.2 Å². The van der Waals surface area contributed by atoms with Gasteiger partial charge >= 0.3 is 12.3 Å². The molecule has 23 heavy (non-hydrogen) atoms. The van der Waals surface area contributed by atoms with Gasteiger partial charge in [-0.3, -0.25) is 0 Å². The highest BCUT2D eigenvalue weighted by Crippen LogP contribution is 2.39. The lowest BCUT2D eigenvalue weighted by Gasteiger charge is -2.47. The van der Waals surface area contributed by atoms with Crippen LogP contribution >= 0.6 is 0 Å². The minimum Gasteiger partial charge on any atom is -0.439 e. The van der Waals surface area contributed by atoms with Crippen molar-refractivity contribution in [3.63, 3.8) is 0 Å². The molecule has 1 amide bonds. The van der Waals surface area contributed by atoms with Crippen molar-refractivity contribution in [1.29, 1.82) is 0 Å². The number of methoxy groups -OCH3 is 2. The lowest BCUT2D eigenvalue weighted by atomic mass is 9.91. The van der Waals surface area contributed by atoms with Gasteiger partial charge in [0, 0.05) is 20.6 Å². The number of nitrogens with zero attached hydrogens (tertiary/aromatic N) is 1. The van der Waals surface area contributed by atoms with Gasteiger partial charge in [-0.15, -0.1) is 0 Å². The second-order valence-electron chi connectivity index (χ2n) is 5.32. The highest BCUT2D eigenvalue weighted by molar-refractivity contribution is 5.91. The van der Waals surface area contributed by atoms with Crippen LogP contribution in [0.15, 0.2) is 24.3 Å². The normalized spacial score (nSPS) is 24.3. The van der Waals surface area contributed by atoms with E-state index in [-0.39, 0.29) is 0 Å². The van der Waals surface area contributed by atoms with Crippen LogP contribution in [0.3, 0.4) is 0 Å². The van der Waals surface area contributed by atoms with Crippen molar-refractivity contribution in [3.05, 3.63) is 29.8 Å². The van der Waals surface area contributed by atoms with Gasteiger partial charge in [0.15, 0.2) is 12.3 Å². The zero-order valence-corrected chi connectivity index (χ0v) is 13.0. The predicted molar refractivity (Wildman–Crippen MR) is 76.2 cm³/mol. The van der Waals surface area contributed by atoms with Gasteiger partial charge in [-0.1, -0.05) is 18.2 Å². The Morgan fingerprint density at radius 3 is 2.57 bits per heavy atom. The molecule has 0 bridgehead atoms. The number of benzene rings is 1. The Hall–Kier alpha value is -1.80. The Labute approximate surface area is 131 Å². The smallest absolute Gasteiger partial charge is 0.422 e. The summed E-state index contributed by atoms with van der Waals surface area (Å²) in [6.07, 6.45) is -5.84. The van der Waals surface area contributed by atoms with E-state index >= 15 is 0 Å². The third-order valence-corrected chi connectivity index (χ3v) is 3.92. The number of hydrogen-bond acceptors (Lipinski definition) is 4. The highest BCUT2D eigenvalue weighted by atomic mass is 19.4. The molecule has 2 atom stereocenters. The average Bonchev–Trinajstić information content (AvgIpc) is 2.51. The molecular formula is C15H18F3NO4. The van der Waals surface area contributed by atoms with Crippen molar-refractivity contribution < 1.29 is 32.2 Å². The number of rotatable bonds is 3. The zero-order chi connectivity index (χ0) is 17.3. The van der Waals surface area contributed by atoms with Crippen molar-refractivity contribution >= 4 is 11.8 Å². The lowest BCUT2D eigenvalue weighted by molar-refractivity contribution is -0.162. The Kier molecular flexibility index (Phi) is 4.86. The number of amides is 1. The van der Waals surface area contributed by atoms with Crippen LogP contribution in [-0.2, 0) is 20.6 Å². The van der Waals surface area contributed by atoms with Gasteiger partial charge in [0.1, 0.15) is 6.10 Å². The van der Waals surface area contributed by atoms with Crippen LogP contribution in [0.4, 0.5) is 23.7 Å². The summed E-state index contributed by atoms with van der Waals surface area (Å²) in [7, 11) is 2.82. The summed E-state index contributed by atoms with van der Waals surface area (Å²) in [6, 6.07) is 6.88. The van der Waals surface area contributed by atoms with Crippen molar-refractivity contribution in [3.8, 4) is 0 Å². The molecule has 0 aliphatic carbocycles. The molecule has 0 radical (unpaired) electrons. The van der Waals surface area contributed by atoms with E-state index in [4.69, 9.17) is 9.47 Å². The predicted octanol–water partition coefficient (Wildman–Crippen LogP) is 3.13. The Balaban J connectivity index is 2.40. The van der Waals surface area contributed by atoms with Crippen LogP contribution in [0.5, 0.6) is 0 Å². The van der Waals surface area contributed by atoms with Gasteiger partial charge in [0.2, 0.25) is 0 Å². The van der Waals surface area contributed by atoms with Crippen LogP contribution < -0.4 is 4.90 Å². The Bertz CT molecular complexity index is 578. The van der Waals surface area contributed by atoms with Gasteiger partial charge in [0.25, 0.3) is 0 Å². The van der Waals surface area contributed by atoms with Crippen molar-refractivity contribution in [1.82, 2.24) is 0 Å². The molecule has 128 valence electrons. The first kappa shape index (κ1) is 17.6. The molecule has 2 unspecified atom stereocenters. The minimum atomic E-state index is -4.60. The minimum absolute atomic E-state index is 0.442. The van der Waals surface area contributed by atoms with E-state index in [1.54, 1.807) is 31.2 Å². The molecule has 5 nitrogen and oxygen atoms in total. The third kappa shape index (κ3) is 3.42. The van der Waals surface area contributed by atoms with Gasteiger partial charge in [-0.05, 0) is 18.6 Å². The van der Waals surface area contributed by atoms with E-state index in [0.29, 0.717) is 12.1 Å². The molecule has 0 saturated carbocycles. The largest absolute Gasteiger partial charge is 0.439 e. The third-order valence-electron chi connectivity index (χ3n) is 3.92. The molecule has 1 aliphatic heterocycles. The standard InChI is InChI=1S/C15H18F3NO4/c1-14(22-3)12(21-2)8-10-6-4-5-7-11(10)19(14)13(20)23-9-15(16,17)18/h4-7,12H,8-9H2,1-3H3. The maximum absolute atomic E-state index is 12.3. The maximum Gasteiger partial charge on any atom is 0.422 e. The van der Waals surface area contributed by atoms with E-state index in [9.17, 15) is 18.0 Å². The van der Waals surface area contributed by atoms with Crippen LogP contribution in [0.25, 0.3) is 0 Å². The molecule has 0 saturated heterocycles.